The summed E-state index contributed by atoms with van der Waals surface area (Å²) in [7, 11) is 0. The van der Waals surface area contributed by atoms with E-state index >= 15 is 0 Å². The highest BCUT2D eigenvalue weighted by Gasteiger charge is 2.19. The van der Waals surface area contributed by atoms with Crippen molar-refractivity contribution in [3.8, 4) is 0 Å². The fourth-order valence-electron chi connectivity index (χ4n) is 9.74. The van der Waals surface area contributed by atoms with Crippen LogP contribution in [0.4, 0.5) is 0 Å². The van der Waals surface area contributed by atoms with Crippen molar-refractivity contribution in [1.29, 1.82) is 0 Å². The van der Waals surface area contributed by atoms with Gasteiger partial charge >= 0.3 is 17.9 Å². The Morgan fingerprint density at radius 1 is 0.271 bits per heavy atom. The van der Waals surface area contributed by atoms with Crippen LogP contribution in [0.3, 0.4) is 0 Å². The Kier molecular flexibility index (Phi) is 58.1. The number of hydrogen-bond acceptors (Lipinski definition) is 6. The molecule has 0 bridgehead atoms. The Bertz CT molecular complexity index is 1090. The average Bonchev–Trinajstić information content (AvgIpc) is 3.36. The van der Waals surface area contributed by atoms with Crippen molar-refractivity contribution in [1.82, 2.24) is 0 Å². The summed E-state index contributed by atoms with van der Waals surface area (Å²) >= 11 is 0. The van der Waals surface area contributed by atoms with Gasteiger partial charge in [0.25, 0.3) is 0 Å². The van der Waals surface area contributed by atoms with Crippen molar-refractivity contribution in [2.45, 2.75) is 367 Å². The molecule has 0 radical (unpaired) electrons. The van der Waals surface area contributed by atoms with Crippen LogP contribution in [0.1, 0.15) is 361 Å². The first-order valence-corrected chi connectivity index (χ1v) is 31.7. The molecular formula is C64H122O6. The van der Waals surface area contributed by atoms with Gasteiger partial charge in [-0.3, -0.25) is 14.4 Å². The van der Waals surface area contributed by atoms with Crippen molar-refractivity contribution < 1.29 is 28.6 Å². The highest BCUT2D eigenvalue weighted by atomic mass is 16.6. The Labute approximate surface area is 437 Å². The Balaban J connectivity index is 4.27. The van der Waals surface area contributed by atoms with Crippen molar-refractivity contribution in [3.05, 3.63) is 12.2 Å². The molecule has 0 rings (SSSR count). The third kappa shape index (κ3) is 57.1. The van der Waals surface area contributed by atoms with E-state index in [1.165, 1.54) is 257 Å². The summed E-state index contributed by atoms with van der Waals surface area (Å²) in [5, 5.41) is 0. The number of allylic oxidation sites excluding steroid dienone is 2. The molecule has 0 aliphatic heterocycles. The van der Waals surface area contributed by atoms with E-state index in [4.69, 9.17) is 14.2 Å². The molecule has 0 saturated heterocycles. The first kappa shape index (κ1) is 68.2. The van der Waals surface area contributed by atoms with Crippen LogP contribution >= 0.6 is 0 Å². The van der Waals surface area contributed by atoms with Crippen molar-refractivity contribution in [2.24, 2.45) is 0 Å². The van der Waals surface area contributed by atoms with Gasteiger partial charge in [0.1, 0.15) is 13.2 Å². The normalized spacial score (nSPS) is 12.0. The van der Waals surface area contributed by atoms with Crippen molar-refractivity contribution in [3.63, 3.8) is 0 Å². The zero-order chi connectivity index (χ0) is 50.7. The van der Waals surface area contributed by atoms with E-state index in [0.29, 0.717) is 19.3 Å². The number of carbonyl (C=O) groups is 3. The maximum absolute atomic E-state index is 12.9. The highest BCUT2D eigenvalue weighted by Crippen LogP contribution is 2.18. The summed E-state index contributed by atoms with van der Waals surface area (Å²) in [6.07, 6.45) is 69.3. The zero-order valence-electron chi connectivity index (χ0n) is 47.6. The van der Waals surface area contributed by atoms with Crippen LogP contribution in [0.25, 0.3) is 0 Å². The molecule has 0 spiro atoms. The first-order chi connectivity index (χ1) is 34.5. The number of hydrogen-bond donors (Lipinski definition) is 0. The SMILES string of the molecule is CCCCCCC/C=C\CCCCCCCC(=O)OCC(COC(=O)CCCCCCCCCCCCCCCCCCCCCCC)OC(=O)CCCCCCCCCCCCCCCCCCC. The smallest absolute Gasteiger partial charge is 0.306 e. The molecule has 6 heteroatoms. The van der Waals surface area contributed by atoms with Crippen LogP contribution in [0.5, 0.6) is 0 Å². The second kappa shape index (κ2) is 59.7. The van der Waals surface area contributed by atoms with Gasteiger partial charge in [-0.25, -0.2) is 0 Å². The summed E-state index contributed by atoms with van der Waals surface area (Å²) in [5.74, 6) is -0.845. The molecule has 0 heterocycles. The number of esters is 3. The van der Waals surface area contributed by atoms with Gasteiger partial charge in [-0.1, -0.05) is 309 Å². The van der Waals surface area contributed by atoms with Crippen LogP contribution in [-0.4, -0.2) is 37.2 Å². The molecule has 0 aliphatic rings. The summed E-state index contributed by atoms with van der Waals surface area (Å²) in [4.78, 5) is 38.3. The minimum absolute atomic E-state index is 0.0660. The Hall–Kier alpha value is -1.85. The van der Waals surface area contributed by atoms with Crippen molar-refractivity contribution in [2.75, 3.05) is 13.2 Å². The van der Waals surface area contributed by atoms with Crippen molar-refractivity contribution >= 4 is 17.9 Å². The van der Waals surface area contributed by atoms with Gasteiger partial charge in [-0.05, 0) is 44.9 Å². The lowest BCUT2D eigenvalue weighted by Gasteiger charge is -2.18. The molecule has 0 aliphatic carbocycles. The van der Waals surface area contributed by atoms with Crippen LogP contribution in [0, 0.1) is 0 Å². The van der Waals surface area contributed by atoms with E-state index in [2.05, 4.69) is 32.9 Å². The fraction of sp³-hybridized carbons (Fsp3) is 0.922. The summed E-state index contributed by atoms with van der Waals surface area (Å²) in [6.45, 7) is 6.70. The lowest BCUT2D eigenvalue weighted by atomic mass is 10.0. The predicted molar refractivity (Wildman–Crippen MR) is 303 cm³/mol. The molecule has 0 saturated carbocycles. The van der Waals surface area contributed by atoms with Crippen LogP contribution < -0.4 is 0 Å². The molecule has 1 unspecified atom stereocenters. The summed E-state index contributed by atoms with van der Waals surface area (Å²) in [6, 6.07) is 0. The Morgan fingerprint density at radius 3 is 0.714 bits per heavy atom. The van der Waals surface area contributed by atoms with E-state index < -0.39 is 6.10 Å². The summed E-state index contributed by atoms with van der Waals surface area (Å²) in [5.41, 5.74) is 0. The molecule has 1 atom stereocenters. The largest absolute Gasteiger partial charge is 0.462 e. The fourth-order valence-corrected chi connectivity index (χ4v) is 9.74. The molecule has 0 aromatic heterocycles. The number of unbranched alkanes of at least 4 members (excludes halogenated alkanes) is 46. The molecule has 70 heavy (non-hydrogen) atoms. The third-order valence-electron chi connectivity index (χ3n) is 14.5. The molecule has 0 aromatic rings. The number of rotatable bonds is 59. The number of carbonyl (C=O) groups excluding carboxylic acids is 3. The second-order valence-electron chi connectivity index (χ2n) is 21.7. The third-order valence-corrected chi connectivity index (χ3v) is 14.5. The monoisotopic (exact) mass is 987 g/mol. The van der Waals surface area contributed by atoms with Gasteiger partial charge in [0, 0.05) is 19.3 Å². The molecular weight excluding hydrogens is 865 g/mol. The van der Waals surface area contributed by atoms with E-state index in [0.717, 1.165) is 64.2 Å². The van der Waals surface area contributed by atoms with Gasteiger partial charge in [0.05, 0.1) is 0 Å². The minimum Gasteiger partial charge on any atom is -0.462 e. The lowest BCUT2D eigenvalue weighted by molar-refractivity contribution is -0.167. The van der Waals surface area contributed by atoms with Gasteiger partial charge in [0.15, 0.2) is 6.10 Å². The zero-order valence-corrected chi connectivity index (χ0v) is 47.6. The maximum atomic E-state index is 12.9. The molecule has 6 nitrogen and oxygen atoms in total. The van der Waals surface area contributed by atoms with Gasteiger partial charge < -0.3 is 14.2 Å². The highest BCUT2D eigenvalue weighted by molar-refractivity contribution is 5.71. The minimum atomic E-state index is -0.768. The first-order valence-electron chi connectivity index (χ1n) is 31.7. The average molecular weight is 988 g/mol. The van der Waals surface area contributed by atoms with E-state index in [-0.39, 0.29) is 31.1 Å². The Morgan fingerprint density at radius 2 is 0.471 bits per heavy atom. The topological polar surface area (TPSA) is 78.9 Å². The molecule has 0 N–H and O–H groups in total. The van der Waals surface area contributed by atoms with Gasteiger partial charge in [-0.2, -0.15) is 0 Å². The molecule has 0 aromatic carbocycles. The standard InChI is InChI=1S/C64H122O6/c1-4-7-10-13-16-19-22-25-28-30-31-32-33-35-36-39-42-45-48-51-54-57-63(66)69-60-61(59-68-62(65)56-53-50-47-44-41-38-27-24-21-18-15-12-9-6-3)70-64(67)58-55-52-49-46-43-40-37-34-29-26-23-20-17-14-11-8-5-2/h24,27,61H,4-23,25-26,28-60H2,1-3H3/b27-24-. The molecule has 0 fully saturated rings. The quantitative estimate of drug-likeness (QED) is 0.0261. The van der Waals surface area contributed by atoms with Crippen LogP contribution in [0.2, 0.25) is 0 Å². The number of ether oxygens (including phenoxy) is 3. The van der Waals surface area contributed by atoms with Crippen LogP contribution in [-0.2, 0) is 28.6 Å². The van der Waals surface area contributed by atoms with E-state index in [1.807, 2.05) is 0 Å². The van der Waals surface area contributed by atoms with Gasteiger partial charge in [0.2, 0.25) is 0 Å². The summed E-state index contributed by atoms with van der Waals surface area (Å²) < 4.78 is 16.9. The van der Waals surface area contributed by atoms with E-state index in [9.17, 15) is 14.4 Å². The predicted octanol–water partition coefficient (Wildman–Crippen LogP) is 21.3. The second-order valence-corrected chi connectivity index (χ2v) is 21.7. The molecule has 0 amide bonds. The van der Waals surface area contributed by atoms with E-state index in [1.54, 1.807) is 0 Å². The van der Waals surface area contributed by atoms with Crippen LogP contribution in [0.15, 0.2) is 12.2 Å². The lowest BCUT2D eigenvalue weighted by Crippen LogP contribution is -2.30. The molecule has 414 valence electrons. The maximum Gasteiger partial charge on any atom is 0.306 e. The van der Waals surface area contributed by atoms with Gasteiger partial charge in [-0.15, -0.1) is 0 Å².